The molecule has 4 aromatic rings. The normalized spacial score (nSPS) is 17.3. The monoisotopic (exact) mass is 566 g/mol. The van der Waals surface area contributed by atoms with E-state index in [-0.39, 0.29) is 24.4 Å². The van der Waals surface area contributed by atoms with Crippen molar-refractivity contribution in [2.24, 2.45) is 0 Å². The zero-order valence-electron chi connectivity index (χ0n) is 23.8. The molecule has 4 aromatic carbocycles. The SMILES string of the molecule is COc1ccc([C@@H]2CC(=O)c3ccc(OC)c(-c4cc([C@@H]5CC(=O)c6ccc(OC)cc6O5)ccc4OC)c3O2)cc1. The molecule has 0 radical (unpaired) electrons. The van der Waals surface area contributed by atoms with Crippen molar-refractivity contribution < 1.29 is 38.0 Å². The second kappa shape index (κ2) is 11.1. The highest BCUT2D eigenvalue weighted by atomic mass is 16.5. The van der Waals surface area contributed by atoms with Crippen LogP contribution in [0.2, 0.25) is 0 Å². The van der Waals surface area contributed by atoms with Crippen molar-refractivity contribution in [1.29, 1.82) is 0 Å². The number of benzene rings is 4. The number of fused-ring (bicyclic) bond motifs is 2. The van der Waals surface area contributed by atoms with Gasteiger partial charge in [0.15, 0.2) is 11.6 Å². The van der Waals surface area contributed by atoms with Gasteiger partial charge in [0, 0.05) is 11.6 Å². The Labute approximate surface area is 243 Å². The van der Waals surface area contributed by atoms with Gasteiger partial charge in [0.05, 0.1) is 58.0 Å². The first-order valence-electron chi connectivity index (χ1n) is 13.5. The minimum Gasteiger partial charge on any atom is -0.497 e. The van der Waals surface area contributed by atoms with Gasteiger partial charge in [0.2, 0.25) is 0 Å². The van der Waals surface area contributed by atoms with Crippen molar-refractivity contribution >= 4 is 11.6 Å². The van der Waals surface area contributed by atoms with Crippen molar-refractivity contribution in [1.82, 2.24) is 0 Å². The lowest BCUT2D eigenvalue weighted by Gasteiger charge is -2.29. The van der Waals surface area contributed by atoms with Gasteiger partial charge in [0.1, 0.15) is 46.7 Å². The lowest BCUT2D eigenvalue weighted by Crippen LogP contribution is -2.21. The second-order valence-corrected chi connectivity index (χ2v) is 10.1. The second-order valence-electron chi connectivity index (χ2n) is 10.1. The summed E-state index contributed by atoms with van der Waals surface area (Å²) >= 11 is 0. The van der Waals surface area contributed by atoms with Crippen molar-refractivity contribution in [3.8, 4) is 45.6 Å². The molecule has 2 heterocycles. The van der Waals surface area contributed by atoms with Gasteiger partial charge < -0.3 is 28.4 Å². The van der Waals surface area contributed by atoms with Crippen molar-refractivity contribution in [2.45, 2.75) is 25.0 Å². The van der Waals surface area contributed by atoms with E-state index in [0.29, 0.717) is 51.0 Å². The zero-order chi connectivity index (χ0) is 29.4. The first-order valence-corrected chi connectivity index (χ1v) is 13.5. The maximum absolute atomic E-state index is 13.4. The topological polar surface area (TPSA) is 89.5 Å². The number of carbonyl (C=O) groups is 2. The molecule has 0 aliphatic carbocycles. The summed E-state index contributed by atoms with van der Waals surface area (Å²) in [5.74, 6) is 3.22. The first kappa shape index (κ1) is 27.2. The van der Waals surface area contributed by atoms with E-state index < -0.39 is 12.2 Å². The van der Waals surface area contributed by atoms with Gasteiger partial charge in [-0.3, -0.25) is 9.59 Å². The molecule has 0 amide bonds. The standard InChI is InChI=1S/C34H30O8/c1-37-21-8-5-19(6-9-21)30-18-27(36)24-12-14-29(40-4)33(34(24)42-30)25-15-20(7-13-28(25)39-3)31-17-26(35)23-11-10-22(38-2)16-32(23)41-31/h5-16,30-31H,17-18H2,1-4H3/t30-,31-/m0/s1. The minimum atomic E-state index is -0.540. The van der Waals surface area contributed by atoms with E-state index in [4.69, 9.17) is 28.4 Å². The average molecular weight is 567 g/mol. The number of ketones is 2. The van der Waals surface area contributed by atoms with Crippen LogP contribution in [0.1, 0.15) is 56.9 Å². The van der Waals surface area contributed by atoms with Crippen LogP contribution in [0.3, 0.4) is 0 Å². The lowest BCUT2D eigenvalue weighted by molar-refractivity contribution is 0.0839. The molecule has 8 nitrogen and oxygen atoms in total. The fourth-order valence-corrected chi connectivity index (χ4v) is 5.54. The van der Waals surface area contributed by atoms with Gasteiger partial charge in [-0.1, -0.05) is 18.2 Å². The Balaban J connectivity index is 1.44. The van der Waals surface area contributed by atoms with Gasteiger partial charge in [-0.2, -0.15) is 0 Å². The lowest BCUT2D eigenvalue weighted by atomic mass is 9.89. The largest absolute Gasteiger partial charge is 0.497 e. The van der Waals surface area contributed by atoms with E-state index in [0.717, 1.165) is 16.9 Å². The summed E-state index contributed by atoms with van der Waals surface area (Å²) in [5, 5.41) is 0. The zero-order valence-corrected chi connectivity index (χ0v) is 23.8. The Morgan fingerprint density at radius 1 is 0.571 bits per heavy atom. The van der Waals surface area contributed by atoms with E-state index in [1.165, 1.54) is 0 Å². The van der Waals surface area contributed by atoms with Crippen LogP contribution in [-0.4, -0.2) is 40.0 Å². The van der Waals surface area contributed by atoms with Crippen molar-refractivity contribution in [3.63, 3.8) is 0 Å². The fraction of sp³-hybridized carbons (Fsp3) is 0.235. The highest BCUT2D eigenvalue weighted by Gasteiger charge is 2.34. The third-order valence-electron chi connectivity index (χ3n) is 7.75. The molecular formula is C34H30O8. The number of hydrogen-bond donors (Lipinski definition) is 0. The molecule has 2 atom stereocenters. The number of Topliss-reactive ketones (excluding diaryl/α,β-unsaturated/α-hetero) is 2. The predicted molar refractivity (Wildman–Crippen MR) is 156 cm³/mol. The Bertz CT molecular complexity index is 1670. The Morgan fingerprint density at radius 3 is 1.86 bits per heavy atom. The van der Waals surface area contributed by atoms with E-state index >= 15 is 0 Å². The number of carbonyl (C=O) groups excluding carboxylic acids is 2. The van der Waals surface area contributed by atoms with Crippen LogP contribution >= 0.6 is 0 Å². The fourth-order valence-electron chi connectivity index (χ4n) is 5.54. The number of methoxy groups -OCH3 is 4. The van der Waals surface area contributed by atoms with Crippen LogP contribution in [0.4, 0.5) is 0 Å². The molecule has 42 heavy (non-hydrogen) atoms. The summed E-state index contributed by atoms with van der Waals surface area (Å²) in [4.78, 5) is 26.5. The molecular weight excluding hydrogens is 536 g/mol. The Kier molecular flexibility index (Phi) is 7.20. The van der Waals surface area contributed by atoms with Gasteiger partial charge in [-0.25, -0.2) is 0 Å². The Hall–Kier alpha value is -4.98. The molecule has 2 aliphatic rings. The first-order chi connectivity index (χ1) is 20.4. The summed E-state index contributed by atoms with van der Waals surface area (Å²) in [6, 6.07) is 21.8. The van der Waals surface area contributed by atoms with Crippen LogP contribution in [-0.2, 0) is 0 Å². The number of ether oxygens (including phenoxy) is 6. The highest BCUT2D eigenvalue weighted by molar-refractivity contribution is 6.04. The maximum Gasteiger partial charge on any atom is 0.170 e. The smallest absolute Gasteiger partial charge is 0.170 e. The Morgan fingerprint density at radius 2 is 1.17 bits per heavy atom. The summed E-state index contributed by atoms with van der Waals surface area (Å²) in [7, 11) is 6.32. The van der Waals surface area contributed by atoms with Crippen LogP contribution in [0.5, 0.6) is 34.5 Å². The maximum atomic E-state index is 13.4. The summed E-state index contributed by atoms with van der Waals surface area (Å²) in [5.41, 5.74) is 3.85. The quantitative estimate of drug-likeness (QED) is 0.241. The van der Waals surface area contributed by atoms with Crippen LogP contribution in [0, 0.1) is 0 Å². The molecule has 8 heteroatoms. The highest BCUT2D eigenvalue weighted by Crippen LogP contribution is 2.50. The van der Waals surface area contributed by atoms with Gasteiger partial charge in [0.25, 0.3) is 0 Å². The van der Waals surface area contributed by atoms with E-state index in [1.54, 1.807) is 58.8 Å². The van der Waals surface area contributed by atoms with Crippen molar-refractivity contribution in [2.75, 3.05) is 28.4 Å². The molecule has 0 bridgehead atoms. The molecule has 0 unspecified atom stereocenters. The predicted octanol–water partition coefficient (Wildman–Crippen LogP) is 6.80. The van der Waals surface area contributed by atoms with E-state index in [2.05, 4.69) is 0 Å². The van der Waals surface area contributed by atoms with Crippen LogP contribution in [0.25, 0.3) is 11.1 Å². The molecule has 0 fully saturated rings. The number of hydrogen-bond acceptors (Lipinski definition) is 8. The van der Waals surface area contributed by atoms with Crippen LogP contribution in [0.15, 0.2) is 72.8 Å². The molecule has 6 rings (SSSR count). The van der Waals surface area contributed by atoms with E-state index in [1.807, 2.05) is 42.5 Å². The molecule has 0 saturated carbocycles. The third kappa shape index (κ3) is 4.79. The van der Waals surface area contributed by atoms with Gasteiger partial charge >= 0.3 is 0 Å². The molecule has 2 aliphatic heterocycles. The molecule has 0 aromatic heterocycles. The summed E-state index contributed by atoms with van der Waals surface area (Å²) < 4.78 is 35.1. The third-order valence-corrected chi connectivity index (χ3v) is 7.75. The van der Waals surface area contributed by atoms with Crippen LogP contribution < -0.4 is 28.4 Å². The minimum absolute atomic E-state index is 0.0211. The number of rotatable bonds is 7. The van der Waals surface area contributed by atoms with Crippen molar-refractivity contribution in [3.05, 3.63) is 95.1 Å². The molecule has 0 spiro atoms. The van der Waals surface area contributed by atoms with Gasteiger partial charge in [-0.15, -0.1) is 0 Å². The molecule has 214 valence electrons. The molecule has 0 N–H and O–H groups in total. The summed E-state index contributed by atoms with van der Waals surface area (Å²) in [6.45, 7) is 0. The van der Waals surface area contributed by atoms with Gasteiger partial charge in [-0.05, 0) is 59.7 Å². The molecule has 0 saturated heterocycles. The van der Waals surface area contributed by atoms with E-state index in [9.17, 15) is 9.59 Å². The summed E-state index contributed by atoms with van der Waals surface area (Å²) in [6.07, 6.45) is -0.670. The average Bonchev–Trinajstić information content (AvgIpc) is 3.03.